The second-order valence-corrected chi connectivity index (χ2v) is 3.70. The molecule has 6 N–H and O–H groups in total. The summed E-state index contributed by atoms with van der Waals surface area (Å²) in [6.07, 6.45) is -0.712. The fraction of sp³-hybridized carbons (Fsp3) is 0.778. The Morgan fingerprint density at radius 2 is 2.31 bits per heavy atom. The normalized spacial score (nSPS) is 23.1. The van der Waals surface area contributed by atoms with E-state index in [2.05, 4.69) is 10.8 Å². The van der Waals surface area contributed by atoms with Gasteiger partial charge in [-0.3, -0.25) is 4.84 Å². The van der Waals surface area contributed by atoms with Crippen LogP contribution < -0.4 is 10.8 Å². The molecule has 0 aromatic heterocycles. The molecule has 1 heterocycles. The van der Waals surface area contributed by atoms with Gasteiger partial charge in [-0.05, 0) is 13.5 Å². The smallest absolute Gasteiger partial charge is 0.199 e. The quantitative estimate of drug-likeness (QED) is 0.234. The van der Waals surface area contributed by atoms with Crippen molar-refractivity contribution in [2.24, 2.45) is 0 Å². The topological polar surface area (TPSA) is 114 Å². The fourth-order valence-corrected chi connectivity index (χ4v) is 1.45. The van der Waals surface area contributed by atoms with Gasteiger partial charge in [-0.15, -0.1) is 0 Å². The predicted molar refractivity (Wildman–Crippen MR) is 54.9 cm³/mol. The number of aliphatic hydroxyl groups excluding tert-OH is 1. The average molecular weight is 234 g/mol. The van der Waals surface area contributed by atoms with Crippen LogP contribution in [0.15, 0.2) is 11.6 Å². The van der Waals surface area contributed by atoms with Crippen LogP contribution in [0.3, 0.4) is 0 Å². The summed E-state index contributed by atoms with van der Waals surface area (Å²) < 4.78 is 0. The highest BCUT2D eigenvalue weighted by Crippen LogP contribution is 2.17. The van der Waals surface area contributed by atoms with Gasteiger partial charge in [-0.2, -0.15) is 5.48 Å². The van der Waals surface area contributed by atoms with Crippen LogP contribution in [0.25, 0.3) is 0 Å². The highest BCUT2D eigenvalue weighted by atomic mass is 16.7. The zero-order valence-electron chi connectivity index (χ0n) is 9.05. The average Bonchev–Trinajstić information content (AvgIpc) is 2.42. The maximum absolute atomic E-state index is 9.69. The van der Waals surface area contributed by atoms with Crippen molar-refractivity contribution in [3.63, 3.8) is 0 Å². The molecule has 0 saturated carbocycles. The monoisotopic (exact) mass is 234 g/mol. The SMILES string of the molecule is CNCC(O)(O)C1=CCC(C(O)O)ONC1. The van der Waals surface area contributed by atoms with E-state index in [4.69, 9.17) is 15.1 Å². The largest absolute Gasteiger partial charge is 0.366 e. The first-order chi connectivity index (χ1) is 7.47. The number of hydrogen-bond acceptors (Lipinski definition) is 7. The summed E-state index contributed by atoms with van der Waals surface area (Å²) in [5, 5.41) is 39.9. The van der Waals surface area contributed by atoms with E-state index in [-0.39, 0.29) is 19.5 Å². The molecule has 1 rings (SSSR count). The number of likely N-dealkylation sites (N-methyl/N-ethyl adjacent to an activating group) is 1. The lowest BCUT2D eigenvalue weighted by atomic mass is 10.0. The van der Waals surface area contributed by atoms with Crippen LogP contribution in [0.4, 0.5) is 0 Å². The zero-order chi connectivity index (χ0) is 12.2. The van der Waals surface area contributed by atoms with Crippen LogP contribution in [0.2, 0.25) is 0 Å². The molecule has 7 heteroatoms. The Bertz CT molecular complexity index is 254. The molecular formula is C9H18N2O5. The van der Waals surface area contributed by atoms with Crippen LogP contribution in [0, 0.1) is 0 Å². The van der Waals surface area contributed by atoms with Crippen molar-refractivity contribution >= 4 is 0 Å². The van der Waals surface area contributed by atoms with Crippen LogP contribution in [-0.2, 0) is 4.84 Å². The Balaban J connectivity index is 2.68. The van der Waals surface area contributed by atoms with E-state index < -0.39 is 18.2 Å². The number of hydrogen-bond donors (Lipinski definition) is 6. The highest BCUT2D eigenvalue weighted by Gasteiger charge is 2.30. The van der Waals surface area contributed by atoms with Crippen molar-refractivity contribution in [3.8, 4) is 0 Å². The van der Waals surface area contributed by atoms with Gasteiger partial charge in [0, 0.05) is 12.1 Å². The Kier molecular flexibility index (Phi) is 4.81. The fourth-order valence-electron chi connectivity index (χ4n) is 1.45. The molecule has 1 aliphatic rings. The molecule has 1 unspecified atom stereocenters. The van der Waals surface area contributed by atoms with Crippen molar-refractivity contribution < 1.29 is 25.3 Å². The first-order valence-corrected chi connectivity index (χ1v) is 5.01. The van der Waals surface area contributed by atoms with Gasteiger partial charge < -0.3 is 25.7 Å². The molecule has 16 heavy (non-hydrogen) atoms. The Labute approximate surface area is 93.3 Å². The van der Waals surface area contributed by atoms with E-state index in [9.17, 15) is 10.2 Å². The Hall–Kier alpha value is -0.540. The van der Waals surface area contributed by atoms with E-state index in [0.29, 0.717) is 5.57 Å². The molecular weight excluding hydrogens is 216 g/mol. The zero-order valence-corrected chi connectivity index (χ0v) is 9.05. The predicted octanol–water partition coefficient (Wildman–Crippen LogP) is -2.58. The molecule has 0 aliphatic carbocycles. The molecule has 1 atom stereocenters. The summed E-state index contributed by atoms with van der Waals surface area (Å²) in [6, 6.07) is 0. The second kappa shape index (κ2) is 5.69. The minimum atomic E-state index is -1.97. The van der Waals surface area contributed by atoms with Crippen molar-refractivity contribution in [3.05, 3.63) is 11.6 Å². The molecule has 0 aromatic rings. The number of hydroxylamine groups is 1. The summed E-state index contributed by atoms with van der Waals surface area (Å²) in [4.78, 5) is 4.92. The van der Waals surface area contributed by atoms with Gasteiger partial charge in [0.15, 0.2) is 12.1 Å². The van der Waals surface area contributed by atoms with Crippen LogP contribution in [-0.4, -0.2) is 58.7 Å². The van der Waals surface area contributed by atoms with Gasteiger partial charge in [0.2, 0.25) is 0 Å². The van der Waals surface area contributed by atoms with E-state index in [0.717, 1.165) is 0 Å². The van der Waals surface area contributed by atoms with E-state index >= 15 is 0 Å². The van der Waals surface area contributed by atoms with Gasteiger partial charge in [0.05, 0.1) is 6.54 Å². The lowest BCUT2D eigenvalue weighted by molar-refractivity contribution is -0.167. The standard InChI is InChI=1S/C9H18N2O5/c1-10-5-9(14,15)6-2-3-7(8(12)13)16-11-4-6/h2,7-8,10-15H,3-5H2,1H3. The summed E-state index contributed by atoms with van der Waals surface area (Å²) in [7, 11) is 1.60. The third-order valence-corrected chi connectivity index (χ3v) is 2.36. The molecule has 0 spiro atoms. The minimum absolute atomic E-state index is 0.0210. The summed E-state index contributed by atoms with van der Waals surface area (Å²) in [5.41, 5.74) is 2.78. The maximum Gasteiger partial charge on any atom is 0.199 e. The van der Waals surface area contributed by atoms with Crippen LogP contribution in [0.5, 0.6) is 0 Å². The molecule has 0 fully saturated rings. The van der Waals surface area contributed by atoms with Crippen molar-refractivity contribution in [1.82, 2.24) is 10.8 Å². The molecule has 0 aromatic carbocycles. The van der Waals surface area contributed by atoms with Crippen molar-refractivity contribution in [1.29, 1.82) is 0 Å². The molecule has 1 aliphatic heterocycles. The summed E-state index contributed by atoms with van der Waals surface area (Å²) in [6.45, 7) is 0.0881. The summed E-state index contributed by atoms with van der Waals surface area (Å²) in [5.74, 6) is -1.97. The number of aliphatic hydroxyl groups is 4. The summed E-state index contributed by atoms with van der Waals surface area (Å²) >= 11 is 0. The maximum atomic E-state index is 9.69. The lowest BCUT2D eigenvalue weighted by Crippen LogP contribution is -2.43. The second-order valence-electron chi connectivity index (χ2n) is 3.70. The molecule has 0 amide bonds. The van der Waals surface area contributed by atoms with Crippen LogP contribution in [0.1, 0.15) is 6.42 Å². The first kappa shape index (κ1) is 13.5. The van der Waals surface area contributed by atoms with Gasteiger partial charge in [0.25, 0.3) is 0 Å². The van der Waals surface area contributed by atoms with Crippen LogP contribution >= 0.6 is 0 Å². The number of rotatable bonds is 4. The molecule has 94 valence electrons. The molecule has 0 bridgehead atoms. The van der Waals surface area contributed by atoms with E-state index in [1.165, 1.54) is 6.08 Å². The minimum Gasteiger partial charge on any atom is -0.366 e. The lowest BCUT2D eigenvalue weighted by Gasteiger charge is -2.24. The molecule has 0 radical (unpaired) electrons. The van der Waals surface area contributed by atoms with Gasteiger partial charge in [-0.1, -0.05) is 6.08 Å². The van der Waals surface area contributed by atoms with E-state index in [1.807, 2.05) is 0 Å². The first-order valence-electron chi connectivity index (χ1n) is 5.01. The highest BCUT2D eigenvalue weighted by molar-refractivity contribution is 5.15. The third kappa shape index (κ3) is 3.49. The Morgan fingerprint density at radius 1 is 1.62 bits per heavy atom. The van der Waals surface area contributed by atoms with Gasteiger partial charge in [0.1, 0.15) is 6.10 Å². The van der Waals surface area contributed by atoms with Crippen molar-refractivity contribution in [2.75, 3.05) is 20.1 Å². The van der Waals surface area contributed by atoms with Gasteiger partial charge in [-0.25, -0.2) is 0 Å². The van der Waals surface area contributed by atoms with E-state index in [1.54, 1.807) is 7.05 Å². The third-order valence-electron chi connectivity index (χ3n) is 2.36. The van der Waals surface area contributed by atoms with Gasteiger partial charge >= 0.3 is 0 Å². The van der Waals surface area contributed by atoms with Crippen molar-refractivity contribution in [2.45, 2.75) is 24.6 Å². The Morgan fingerprint density at radius 3 is 2.88 bits per heavy atom. The number of nitrogens with one attached hydrogen (secondary N) is 2. The molecule has 0 saturated heterocycles. The molecule has 7 nitrogen and oxygen atoms in total.